The topological polar surface area (TPSA) is 77.1 Å². The number of sulfonamides is 1. The molecule has 0 aliphatic heterocycles. The smallest absolute Gasteiger partial charge is 0.259 e. The Morgan fingerprint density at radius 2 is 2.33 bits per heavy atom. The lowest BCUT2D eigenvalue weighted by molar-refractivity contribution is 0.547. The summed E-state index contributed by atoms with van der Waals surface area (Å²) in [6.45, 7) is 1.80. The van der Waals surface area contributed by atoms with Crippen molar-refractivity contribution in [2.24, 2.45) is 7.05 Å². The van der Waals surface area contributed by atoms with Gasteiger partial charge in [-0.05, 0) is 25.0 Å². The van der Waals surface area contributed by atoms with Crippen LogP contribution in [0.15, 0.2) is 40.6 Å². The third-order valence-corrected chi connectivity index (χ3v) is 3.91. The number of imidazole rings is 1. The van der Waals surface area contributed by atoms with Crippen LogP contribution < -0.4 is 4.72 Å². The molecule has 0 saturated heterocycles. The number of hydrogen-bond donors (Lipinski definition) is 1. The van der Waals surface area contributed by atoms with Gasteiger partial charge < -0.3 is 8.98 Å². The minimum Gasteiger partial charge on any atom is -0.472 e. The number of nitrogens with one attached hydrogen (secondary N) is 1. The molecule has 0 spiro atoms. The van der Waals surface area contributed by atoms with Crippen molar-refractivity contribution in [1.29, 1.82) is 0 Å². The molecular formula is C11H15N3O3S. The van der Waals surface area contributed by atoms with Crippen molar-refractivity contribution in [2.45, 2.75) is 24.4 Å². The summed E-state index contributed by atoms with van der Waals surface area (Å²) in [5.74, 6) is 0. The van der Waals surface area contributed by atoms with Gasteiger partial charge in [0.2, 0.25) is 0 Å². The van der Waals surface area contributed by atoms with Crippen LogP contribution >= 0.6 is 0 Å². The summed E-state index contributed by atoms with van der Waals surface area (Å²) in [5.41, 5.74) is 0.950. The maximum Gasteiger partial charge on any atom is 0.259 e. The van der Waals surface area contributed by atoms with Gasteiger partial charge in [-0.3, -0.25) is 0 Å². The lowest BCUT2D eigenvalue weighted by Gasteiger charge is -2.11. The first-order valence-electron chi connectivity index (χ1n) is 5.49. The highest BCUT2D eigenvalue weighted by molar-refractivity contribution is 7.89. The van der Waals surface area contributed by atoms with Crippen LogP contribution in [0.4, 0.5) is 0 Å². The van der Waals surface area contributed by atoms with Crippen LogP contribution in [-0.4, -0.2) is 24.0 Å². The van der Waals surface area contributed by atoms with Crippen LogP contribution in [0, 0.1) is 0 Å². The molecule has 0 amide bonds. The first-order chi connectivity index (χ1) is 8.47. The van der Waals surface area contributed by atoms with Crippen LogP contribution in [0.3, 0.4) is 0 Å². The Labute approximate surface area is 106 Å². The van der Waals surface area contributed by atoms with Crippen molar-refractivity contribution in [1.82, 2.24) is 14.3 Å². The predicted octanol–water partition coefficient (Wildman–Crippen LogP) is 0.923. The second-order valence-electron chi connectivity index (χ2n) is 4.24. The first-order valence-corrected chi connectivity index (χ1v) is 6.97. The zero-order valence-electron chi connectivity index (χ0n) is 10.2. The summed E-state index contributed by atoms with van der Waals surface area (Å²) >= 11 is 0. The zero-order chi connectivity index (χ0) is 13.2. The van der Waals surface area contributed by atoms with Crippen LogP contribution in [-0.2, 0) is 23.5 Å². The number of nitrogens with zero attached hydrogens (tertiary/aromatic N) is 2. The highest BCUT2D eigenvalue weighted by atomic mass is 32.2. The van der Waals surface area contributed by atoms with E-state index < -0.39 is 10.0 Å². The molecule has 18 heavy (non-hydrogen) atoms. The van der Waals surface area contributed by atoms with Crippen molar-refractivity contribution in [2.75, 3.05) is 0 Å². The molecular weight excluding hydrogens is 254 g/mol. The molecule has 0 radical (unpaired) electrons. The van der Waals surface area contributed by atoms with Gasteiger partial charge >= 0.3 is 0 Å². The Bertz CT molecular complexity index is 601. The molecule has 0 aliphatic rings. The van der Waals surface area contributed by atoms with Crippen molar-refractivity contribution in [3.63, 3.8) is 0 Å². The van der Waals surface area contributed by atoms with E-state index in [0.717, 1.165) is 5.56 Å². The van der Waals surface area contributed by atoms with E-state index in [0.29, 0.717) is 6.42 Å². The molecule has 1 atom stereocenters. The fourth-order valence-corrected chi connectivity index (χ4v) is 2.88. The summed E-state index contributed by atoms with van der Waals surface area (Å²) in [7, 11) is -1.83. The van der Waals surface area contributed by atoms with Crippen LogP contribution in [0.2, 0.25) is 0 Å². The number of furan rings is 1. The summed E-state index contributed by atoms with van der Waals surface area (Å²) in [5, 5.41) is 0.0315. The average molecular weight is 269 g/mol. The van der Waals surface area contributed by atoms with Gasteiger partial charge in [0.1, 0.15) is 0 Å². The molecule has 1 unspecified atom stereocenters. The molecule has 2 aromatic rings. The molecule has 2 aromatic heterocycles. The number of rotatable bonds is 5. The Morgan fingerprint density at radius 3 is 2.89 bits per heavy atom. The van der Waals surface area contributed by atoms with Gasteiger partial charge in [-0.15, -0.1) is 0 Å². The molecule has 98 valence electrons. The van der Waals surface area contributed by atoms with E-state index in [4.69, 9.17) is 4.42 Å². The van der Waals surface area contributed by atoms with E-state index in [1.54, 1.807) is 31.1 Å². The predicted molar refractivity (Wildman–Crippen MR) is 65.4 cm³/mol. The Kier molecular flexibility index (Phi) is 3.53. The first kappa shape index (κ1) is 12.8. The summed E-state index contributed by atoms with van der Waals surface area (Å²) in [4.78, 5) is 3.83. The van der Waals surface area contributed by atoms with Crippen molar-refractivity contribution < 1.29 is 12.8 Å². The average Bonchev–Trinajstić information content (AvgIpc) is 2.88. The molecule has 0 fully saturated rings. The molecule has 0 saturated carbocycles. The summed E-state index contributed by atoms with van der Waals surface area (Å²) in [6.07, 6.45) is 6.66. The summed E-state index contributed by atoms with van der Waals surface area (Å²) < 4.78 is 33.1. The van der Waals surface area contributed by atoms with Gasteiger partial charge in [0, 0.05) is 19.3 Å². The van der Waals surface area contributed by atoms with Gasteiger partial charge in [0.25, 0.3) is 10.0 Å². The van der Waals surface area contributed by atoms with E-state index in [1.807, 2.05) is 6.07 Å². The van der Waals surface area contributed by atoms with E-state index in [-0.39, 0.29) is 11.1 Å². The van der Waals surface area contributed by atoms with Gasteiger partial charge in [-0.1, -0.05) is 0 Å². The lowest BCUT2D eigenvalue weighted by Crippen LogP contribution is -2.34. The SMILES string of the molecule is CC(Cc1ccoc1)NS(=O)(=O)c1cn(C)cn1. The number of hydrogen-bond acceptors (Lipinski definition) is 4. The second kappa shape index (κ2) is 4.95. The molecule has 0 bridgehead atoms. The van der Waals surface area contributed by atoms with Gasteiger partial charge in [-0.2, -0.15) is 0 Å². The maximum absolute atomic E-state index is 12.0. The molecule has 1 N–H and O–H groups in total. The van der Waals surface area contributed by atoms with Crippen LogP contribution in [0.1, 0.15) is 12.5 Å². The van der Waals surface area contributed by atoms with Gasteiger partial charge in [0.15, 0.2) is 5.03 Å². The number of aromatic nitrogens is 2. The molecule has 2 rings (SSSR count). The van der Waals surface area contributed by atoms with Crippen LogP contribution in [0.5, 0.6) is 0 Å². The third kappa shape index (κ3) is 2.99. The molecule has 6 nitrogen and oxygen atoms in total. The largest absolute Gasteiger partial charge is 0.472 e. The zero-order valence-corrected chi connectivity index (χ0v) is 11.0. The maximum atomic E-state index is 12.0. The quantitative estimate of drug-likeness (QED) is 0.875. The fourth-order valence-electron chi connectivity index (χ4n) is 1.66. The van der Waals surface area contributed by atoms with Crippen molar-refractivity contribution >= 4 is 10.0 Å². The van der Waals surface area contributed by atoms with Gasteiger partial charge in [-0.25, -0.2) is 18.1 Å². The second-order valence-corrected chi connectivity index (χ2v) is 5.90. The lowest BCUT2D eigenvalue weighted by atomic mass is 10.1. The van der Waals surface area contributed by atoms with E-state index in [2.05, 4.69) is 9.71 Å². The van der Waals surface area contributed by atoms with Crippen molar-refractivity contribution in [3.05, 3.63) is 36.7 Å². The van der Waals surface area contributed by atoms with Crippen molar-refractivity contribution in [3.8, 4) is 0 Å². The highest BCUT2D eigenvalue weighted by Crippen LogP contribution is 2.08. The molecule has 2 heterocycles. The Morgan fingerprint density at radius 1 is 1.56 bits per heavy atom. The molecule has 7 heteroatoms. The minimum absolute atomic E-state index is 0.0315. The Balaban J connectivity index is 2.04. The monoisotopic (exact) mass is 269 g/mol. The normalized spacial score (nSPS) is 13.7. The number of aryl methyl sites for hydroxylation is 1. The van der Waals surface area contributed by atoms with E-state index in [1.165, 1.54) is 12.5 Å². The third-order valence-electron chi connectivity index (χ3n) is 2.43. The fraction of sp³-hybridized carbons (Fsp3) is 0.364. The van der Waals surface area contributed by atoms with E-state index >= 15 is 0 Å². The molecule has 0 aromatic carbocycles. The van der Waals surface area contributed by atoms with Gasteiger partial charge in [0.05, 0.1) is 18.9 Å². The summed E-state index contributed by atoms with van der Waals surface area (Å²) in [6, 6.07) is 1.58. The van der Waals surface area contributed by atoms with E-state index in [9.17, 15) is 8.42 Å². The standard InChI is InChI=1S/C11H15N3O3S/c1-9(5-10-3-4-17-7-10)13-18(15,16)11-6-14(2)8-12-11/h3-4,6-9,13H,5H2,1-2H3. The van der Waals surface area contributed by atoms with Crippen LogP contribution in [0.25, 0.3) is 0 Å². The highest BCUT2D eigenvalue weighted by Gasteiger charge is 2.20. The minimum atomic E-state index is -3.55. The Hall–Kier alpha value is -1.60. The molecule has 0 aliphatic carbocycles.